The number of nitrogens with one attached hydrogen (secondary N) is 1. The minimum Gasteiger partial charge on any atom is -0.348 e. The van der Waals surface area contributed by atoms with Crippen LogP contribution in [-0.2, 0) is 29.3 Å². The van der Waals surface area contributed by atoms with Gasteiger partial charge in [-0.25, -0.2) is 18.4 Å². The maximum absolute atomic E-state index is 12.9. The van der Waals surface area contributed by atoms with Crippen LogP contribution in [0, 0.1) is 5.92 Å². The maximum atomic E-state index is 12.9. The van der Waals surface area contributed by atoms with Gasteiger partial charge in [0.2, 0.25) is 0 Å². The molecule has 0 fully saturated rings. The third-order valence-electron chi connectivity index (χ3n) is 6.55. The summed E-state index contributed by atoms with van der Waals surface area (Å²) in [6.07, 6.45) is 4.40. The quantitative estimate of drug-likeness (QED) is 0.421. The van der Waals surface area contributed by atoms with Crippen LogP contribution in [0.1, 0.15) is 59.7 Å². The van der Waals surface area contributed by atoms with Crippen LogP contribution in [0.25, 0.3) is 0 Å². The van der Waals surface area contributed by atoms with E-state index in [1.807, 2.05) is 12.1 Å². The van der Waals surface area contributed by atoms with Gasteiger partial charge in [-0.3, -0.25) is 9.69 Å². The lowest BCUT2D eigenvalue weighted by atomic mass is 9.85. The average Bonchev–Trinajstić information content (AvgIpc) is 2.88. The van der Waals surface area contributed by atoms with Gasteiger partial charge in [-0.1, -0.05) is 39.0 Å². The number of aromatic nitrogens is 2. The highest BCUT2D eigenvalue weighted by molar-refractivity contribution is 9.10. The van der Waals surface area contributed by atoms with E-state index in [0.717, 1.165) is 28.8 Å². The highest BCUT2D eigenvalue weighted by Gasteiger charge is 2.30. The molecule has 1 aliphatic heterocycles. The molecule has 36 heavy (non-hydrogen) atoms. The van der Waals surface area contributed by atoms with E-state index in [9.17, 15) is 13.2 Å². The van der Waals surface area contributed by atoms with Gasteiger partial charge in [-0.05, 0) is 69.2 Å². The summed E-state index contributed by atoms with van der Waals surface area (Å²) in [7, 11) is -3.23. The summed E-state index contributed by atoms with van der Waals surface area (Å²) in [6.45, 7) is 7.93. The van der Waals surface area contributed by atoms with Crippen LogP contribution < -0.4 is 5.32 Å². The van der Waals surface area contributed by atoms with E-state index in [4.69, 9.17) is 0 Å². The molecule has 0 unspecified atom stereocenters. The predicted octanol–water partition coefficient (Wildman–Crippen LogP) is 4.72. The van der Waals surface area contributed by atoms with Gasteiger partial charge in [0.25, 0.3) is 5.91 Å². The number of carbonyl (C=O) groups is 1. The summed E-state index contributed by atoms with van der Waals surface area (Å²) in [5, 5.41) is 2.96. The van der Waals surface area contributed by atoms with Crippen molar-refractivity contribution in [2.45, 2.75) is 51.2 Å². The van der Waals surface area contributed by atoms with Gasteiger partial charge in [0, 0.05) is 37.1 Å². The second-order valence-electron chi connectivity index (χ2n) is 9.37. The van der Waals surface area contributed by atoms with E-state index in [2.05, 4.69) is 56.0 Å². The van der Waals surface area contributed by atoms with Crippen molar-refractivity contribution in [2.24, 2.45) is 5.92 Å². The van der Waals surface area contributed by atoms with Crippen molar-refractivity contribution in [3.8, 4) is 0 Å². The van der Waals surface area contributed by atoms with Crippen LogP contribution in [0.15, 0.2) is 64.2 Å². The van der Waals surface area contributed by atoms with Crippen LogP contribution in [-0.4, -0.2) is 41.5 Å². The molecular formula is C27H31BrN4O3S. The Kier molecular flexibility index (Phi) is 8.22. The molecule has 0 bridgehead atoms. The van der Waals surface area contributed by atoms with Crippen molar-refractivity contribution in [1.82, 2.24) is 20.2 Å². The zero-order valence-electron chi connectivity index (χ0n) is 20.7. The molecule has 7 nitrogen and oxygen atoms in total. The molecule has 1 aliphatic rings. The molecule has 1 atom stereocenters. The molecule has 190 valence electrons. The smallest absolute Gasteiger partial charge is 0.251 e. The van der Waals surface area contributed by atoms with E-state index in [1.54, 1.807) is 43.6 Å². The SMILES string of the molecule is CCS(=O)(=O)c1ccc(CNC(=O)c2ccc3c(c2)CCN(Cc2ncc(Br)cn2)[C@@H]3C(C)C)cc1. The zero-order chi connectivity index (χ0) is 25.9. The topological polar surface area (TPSA) is 92.3 Å². The summed E-state index contributed by atoms with van der Waals surface area (Å²) in [4.78, 5) is 24.5. The number of hydrogen-bond donors (Lipinski definition) is 1. The molecule has 0 aliphatic carbocycles. The first-order valence-electron chi connectivity index (χ1n) is 12.1. The molecule has 1 aromatic heterocycles. The molecular weight excluding hydrogens is 540 g/mol. The number of hydrogen-bond acceptors (Lipinski definition) is 6. The van der Waals surface area contributed by atoms with Gasteiger partial charge < -0.3 is 5.32 Å². The van der Waals surface area contributed by atoms with E-state index < -0.39 is 9.84 Å². The number of carbonyl (C=O) groups excluding carboxylic acids is 1. The largest absolute Gasteiger partial charge is 0.348 e. The normalized spacial score (nSPS) is 16.1. The first-order chi connectivity index (χ1) is 17.2. The number of nitrogens with zero attached hydrogens (tertiary/aromatic N) is 3. The van der Waals surface area contributed by atoms with Crippen LogP contribution in [0.2, 0.25) is 0 Å². The number of sulfone groups is 1. The Morgan fingerprint density at radius 1 is 1.14 bits per heavy atom. The van der Waals surface area contributed by atoms with Crippen molar-refractivity contribution in [3.05, 3.63) is 87.4 Å². The average molecular weight is 572 g/mol. The van der Waals surface area contributed by atoms with Crippen LogP contribution in [0.5, 0.6) is 0 Å². The molecule has 1 amide bonds. The summed E-state index contributed by atoms with van der Waals surface area (Å²) in [5.74, 6) is 1.10. The second kappa shape index (κ2) is 11.2. The van der Waals surface area contributed by atoms with Crippen molar-refractivity contribution in [3.63, 3.8) is 0 Å². The third-order valence-corrected chi connectivity index (χ3v) is 8.71. The lowest BCUT2D eigenvalue weighted by molar-refractivity contribution is 0.0950. The number of benzene rings is 2. The van der Waals surface area contributed by atoms with Crippen LogP contribution in [0.3, 0.4) is 0 Å². The molecule has 3 aromatic rings. The molecule has 1 N–H and O–H groups in total. The van der Waals surface area contributed by atoms with Gasteiger partial charge in [0.05, 0.1) is 21.7 Å². The molecule has 0 saturated heterocycles. The standard InChI is InChI=1S/C27H31BrN4O3S/c1-4-36(34,35)23-8-5-19(6-9-23)14-31-27(33)21-7-10-24-20(13-21)11-12-32(26(24)18(2)3)17-25-29-15-22(28)16-30-25/h5-10,13,15-16,18,26H,4,11-12,14,17H2,1-3H3,(H,31,33)/t26-/m1/s1. The van der Waals surface area contributed by atoms with E-state index in [-0.39, 0.29) is 17.7 Å². The molecule has 2 aromatic carbocycles. The molecule has 0 spiro atoms. The number of rotatable bonds is 8. The molecule has 0 radical (unpaired) electrons. The van der Waals surface area contributed by atoms with E-state index in [1.165, 1.54) is 11.1 Å². The fraction of sp³-hybridized carbons (Fsp3) is 0.370. The summed E-state index contributed by atoms with van der Waals surface area (Å²) in [6, 6.07) is 12.9. The highest BCUT2D eigenvalue weighted by Crippen LogP contribution is 2.36. The number of halogens is 1. The Balaban J connectivity index is 1.45. The molecule has 2 heterocycles. The van der Waals surface area contributed by atoms with Crippen LogP contribution in [0.4, 0.5) is 0 Å². The van der Waals surface area contributed by atoms with Gasteiger partial charge in [-0.2, -0.15) is 0 Å². The monoisotopic (exact) mass is 570 g/mol. The Morgan fingerprint density at radius 2 is 1.83 bits per heavy atom. The van der Waals surface area contributed by atoms with Gasteiger partial charge >= 0.3 is 0 Å². The first kappa shape index (κ1) is 26.4. The minimum atomic E-state index is -3.23. The lowest BCUT2D eigenvalue weighted by Crippen LogP contribution is -2.38. The summed E-state index contributed by atoms with van der Waals surface area (Å²) >= 11 is 3.39. The van der Waals surface area contributed by atoms with Crippen molar-refractivity contribution in [2.75, 3.05) is 12.3 Å². The van der Waals surface area contributed by atoms with Crippen LogP contribution >= 0.6 is 15.9 Å². The minimum absolute atomic E-state index is 0.0643. The molecule has 9 heteroatoms. The third kappa shape index (κ3) is 6.02. The fourth-order valence-corrected chi connectivity index (χ4v) is 5.77. The van der Waals surface area contributed by atoms with Gasteiger partial charge in [0.15, 0.2) is 9.84 Å². The Morgan fingerprint density at radius 3 is 2.47 bits per heavy atom. The maximum Gasteiger partial charge on any atom is 0.251 e. The van der Waals surface area contributed by atoms with Gasteiger partial charge in [0.1, 0.15) is 5.82 Å². The highest BCUT2D eigenvalue weighted by atomic mass is 79.9. The number of amides is 1. The van der Waals surface area contributed by atoms with Crippen molar-refractivity contribution < 1.29 is 13.2 Å². The summed E-state index contributed by atoms with van der Waals surface area (Å²) < 4.78 is 24.8. The summed E-state index contributed by atoms with van der Waals surface area (Å²) in [5.41, 5.74) is 3.93. The Labute approximate surface area is 221 Å². The predicted molar refractivity (Wildman–Crippen MR) is 143 cm³/mol. The zero-order valence-corrected chi connectivity index (χ0v) is 23.1. The van der Waals surface area contributed by atoms with Crippen molar-refractivity contribution in [1.29, 1.82) is 0 Å². The number of fused-ring (bicyclic) bond motifs is 1. The van der Waals surface area contributed by atoms with E-state index in [0.29, 0.717) is 29.5 Å². The molecule has 0 saturated carbocycles. The molecule has 4 rings (SSSR count). The Hall–Kier alpha value is -2.62. The van der Waals surface area contributed by atoms with Gasteiger partial charge in [-0.15, -0.1) is 0 Å². The fourth-order valence-electron chi connectivity index (χ4n) is 4.68. The lowest BCUT2D eigenvalue weighted by Gasteiger charge is -2.39. The first-order valence-corrected chi connectivity index (χ1v) is 14.6. The van der Waals surface area contributed by atoms with E-state index >= 15 is 0 Å². The van der Waals surface area contributed by atoms with Crippen molar-refractivity contribution >= 4 is 31.7 Å². The Bertz CT molecular complexity index is 1330. The second-order valence-corrected chi connectivity index (χ2v) is 12.6.